The van der Waals surface area contributed by atoms with Crippen LogP contribution in [0.5, 0.6) is 0 Å². The van der Waals surface area contributed by atoms with E-state index in [9.17, 15) is 10.2 Å². The van der Waals surface area contributed by atoms with Crippen LogP contribution in [0.15, 0.2) is 0 Å². The van der Waals surface area contributed by atoms with Crippen LogP contribution >= 0.6 is 0 Å². The van der Waals surface area contributed by atoms with Gasteiger partial charge in [-0.05, 0) is 90.3 Å². The normalized spacial score (nSPS) is 53.2. The van der Waals surface area contributed by atoms with E-state index in [-0.39, 0.29) is 16.9 Å². The van der Waals surface area contributed by atoms with Crippen molar-refractivity contribution in [1.82, 2.24) is 0 Å². The van der Waals surface area contributed by atoms with Crippen LogP contribution in [-0.2, 0) is 0 Å². The van der Waals surface area contributed by atoms with Crippen LogP contribution < -0.4 is 0 Å². The quantitative estimate of drug-likeness (QED) is 0.636. The topological polar surface area (TPSA) is 40.5 Å². The minimum atomic E-state index is -0.160. The van der Waals surface area contributed by atoms with Gasteiger partial charge in [-0.15, -0.1) is 0 Å². The Morgan fingerprint density at radius 2 is 1.63 bits per heavy atom. The molecule has 0 spiro atoms. The Morgan fingerprint density at radius 3 is 2.19 bits per heavy atom. The van der Waals surface area contributed by atoms with Crippen LogP contribution in [0.25, 0.3) is 0 Å². The van der Waals surface area contributed by atoms with E-state index in [1.165, 1.54) is 51.4 Å². The standard InChI is InChI=1S/C25H44O2/c1-6-23(7-2)13-10-14-24(8-3)19(23)12-11-17-21(24)18(27)15-25(9-4)20(16-26)22(17,25)5/h17-21,26-27H,6-16H2,1-5H3/t17-,18-,19-,20-,21-,22+,24-,25-/m0/s1. The van der Waals surface area contributed by atoms with Crippen molar-refractivity contribution in [3.8, 4) is 0 Å². The zero-order valence-electron chi connectivity index (χ0n) is 18.6. The lowest BCUT2D eigenvalue weighted by atomic mass is 9.40. The fourth-order valence-corrected chi connectivity index (χ4v) is 10.3. The van der Waals surface area contributed by atoms with E-state index in [1.807, 2.05) is 0 Å². The molecule has 2 heteroatoms. The molecule has 0 bridgehead atoms. The average Bonchev–Trinajstić information content (AvgIpc) is 3.25. The maximum Gasteiger partial charge on any atom is 0.0582 e. The summed E-state index contributed by atoms with van der Waals surface area (Å²) >= 11 is 0. The molecule has 2 nitrogen and oxygen atoms in total. The van der Waals surface area contributed by atoms with Gasteiger partial charge in [-0.2, -0.15) is 0 Å². The van der Waals surface area contributed by atoms with E-state index in [4.69, 9.17) is 0 Å². The van der Waals surface area contributed by atoms with Crippen LogP contribution in [0.4, 0.5) is 0 Å². The third kappa shape index (κ3) is 2.16. The highest BCUT2D eigenvalue weighted by Crippen LogP contribution is 2.83. The number of hydrogen-bond donors (Lipinski definition) is 2. The van der Waals surface area contributed by atoms with Gasteiger partial charge in [0, 0.05) is 6.61 Å². The average molecular weight is 377 g/mol. The zero-order valence-corrected chi connectivity index (χ0v) is 18.6. The second-order valence-corrected chi connectivity index (χ2v) is 11.1. The van der Waals surface area contributed by atoms with Gasteiger partial charge in [-0.3, -0.25) is 0 Å². The highest BCUT2D eigenvalue weighted by Gasteiger charge is 2.80. The van der Waals surface area contributed by atoms with Gasteiger partial charge >= 0.3 is 0 Å². The van der Waals surface area contributed by atoms with Crippen molar-refractivity contribution in [2.24, 2.45) is 45.3 Å². The first kappa shape index (κ1) is 20.2. The fourth-order valence-electron chi connectivity index (χ4n) is 10.3. The van der Waals surface area contributed by atoms with Crippen molar-refractivity contribution in [2.45, 2.75) is 105 Å². The second kappa shape index (κ2) is 6.46. The lowest BCUT2D eigenvalue weighted by molar-refractivity contribution is -0.191. The molecule has 0 unspecified atom stereocenters. The molecule has 4 rings (SSSR count). The van der Waals surface area contributed by atoms with Gasteiger partial charge in [0.15, 0.2) is 0 Å². The van der Waals surface area contributed by atoms with Gasteiger partial charge in [-0.25, -0.2) is 0 Å². The minimum Gasteiger partial charge on any atom is -0.396 e. The number of aliphatic hydroxyl groups is 2. The Kier molecular flexibility index (Phi) is 4.83. The smallest absolute Gasteiger partial charge is 0.0582 e. The zero-order chi connectivity index (χ0) is 19.7. The summed E-state index contributed by atoms with van der Waals surface area (Å²) in [6.45, 7) is 12.4. The number of hydrogen-bond acceptors (Lipinski definition) is 2. The summed E-state index contributed by atoms with van der Waals surface area (Å²) in [5.41, 5.74) is 1.29. The molecule has 2 N–H and O–H groups in total. The molecule has 4 aliphatic carbocycles. The molecule has 0 saturated heterocycles. The Labute approximate surface area is 167 Å². The summed E-state index contributed by atoms with van der Waals surface area (Å²) in [6.07, 6.45) is 12.4. The highest BCUT2D eigenvalue weighted by molar-refractivity contribution is 5.28. The molecule has 0 aromatic heterocycles. The van der Waals surface area contributed by atoms with Crippen LogP contribution in [0.1, 0.15) is 98.8 Å². The number of aliphatic hydroxyl groups excluding tert-OH is 2. The molecule has 4 saturated carbocycles. The van der Waals surface area contributed by atoms with Gasteiger partial charge in [0.1, 0.15) is 0 Å². The molecule has 8 atom stereocenters. The van der Waals surface area contributed by atoms with Gasteiger partial charge in [0.25, 0.3) is 0 Å². The molecule has 0 amide bonds. The lowest BCUT2D eigenvalue weighted by Gasteiger charge is -2.65. The fraction of sp³-hybridized carbons (Fsp3) is 1.00. The maximum atomic E-state index is 11.6. The van der Waals surface area contributed by atoms with Gasteiger partial charge in [0.05, 0.1) is 6.10 Å². The molecule has 0 heterocycles. The molecule has 0 aromatic carbocycles. The predicted molar refractivity (Wildman–Crippen MR) is 111 cm³/mol. The highest BCUT2D eigenvalue weighted by atomic mass is 16.3. The Bertz CT molecular complexity index is 569. The molecule has 0 aliphatic heterocycles. The van der Waals surface area contributed by atoms with Crippen molar-refractivity contribution in [2.75, 3.05) is 6.61 Å². The molecular weight excluding hydrogens is 332 g/mol. The lowest BCUT2D eigenvalue weighted by Crippen LogP contribution is -2.60. The molecule has 0 radical (unpaired) electrons. The van der Waals surface area contributed by atoms with Crippen molar-refractivity contribution in [3.05, 3.63) is 0 Å². The van der Waals surface area contributed by atoms with Gasteiger partial charge < -0.3 is 10.2 Å². The first-order valence-electron chi connectivity index (χ1n) is 12.2. The van der Waals surface area contributed by atoms with E-state index < -0.39 is 0 Å². The van der Waals surface area contributed by atoms with Crippen LogP contribution in [0.3, 0.4) is 0 Å². The molecule has 27 heavy (non-hydrogen) atoms. The summed E-state index contributed by atoms with van der Waals surface area (Å²) in [6, 6.07) is 0. The Balaban J connectivity index is 1.78. The third-order valence-electron chi connectivity index (χ3n) is 11.6. The van der Waals surface area contributed by atoms with Crippen LogP contribution in [-0.4, -0.2) is 22.9 Å². The summed E-state index contributed by atoms with van der Waals surface area (Å²) < 4.78 is 0. The van der Waals surface area contributed by atoms with E-state index in [2.05, 4.69) is 34.6 Å². The monoisotopic (exact) mass is 376 g/mol. The largest absolute Gasteiger partial charge is 0.396 e. The Morgan fingerprint density at radius 1 is 0.926 bits per heavy atom. The molecule has 4 aliphatic rings. The van der Waals surface area contributed by atoms with Crippen molar-refractivity contribution in [1.29, 1.82) is 0 Å². The predicted octanol–water partition coefficient (Wildman–Crippen LogP) is 5.80. The maximum absolute atomic E-state index is 11.6. The molecule has 156 valence electrons. The molecular formula is C25H44O2. The molecule has 0 aromatic rings. The summed E-state index contributed by atoms with van der Waals surface area (Å²) in [7, 11) is 0. The first-order valence-corrected chi connectivity index (χ1v) is 12.2. The second-order valence-electron chi connectivity index (χ2n) is 11.1. The number of fused-ring (bicyclic) bond motifs is 5. The van der Waals surface area contributed by atoms with E-state index in [0.29, 0.717) is 35.2 Å². The van der Waals surface area contributed by atoms with Gasteiger partial charge in [-0.1, -0.05) is 53.9 Å². The van der Waals surface area contributed by atoms with E-state index in [0.717, 1.165) is 18.8 Å². The van der Waals surface area contributed by atoms with Crippen molar-refractivity contribution in [3.63, 3.8) is 0 Å². The van der Waals surface area contributed by atoms with Crippen molar-refractivity contribution < 1.29 is 10.2 Å². The van der Waals surface area contributed by atoms with Crippen molar-refractivity contribution >= 4 is 0 Å². The van der Waals surface area contributed by atoms with Gasteiger partial charge in [0.2, 0.25) is 0 Å². The summed E-state index contributed by atoms with van der Waals surface area (Å²) in [4.78, 5) is 0. The first-order chi connectivity index (χ1) is 12.9. The Hall–Kier alpha value is -0.0800. The molecule has 4 fully saturated rings. The number of rotatable bonds is 5. The van der Waals surface area contributed by atoms with Crippen LogP contribution in [0.2, 0.25) is 0 Å². The summed E-state index contributed by atoms with van der Waals surface area (Å²) in [5, 5.41) is 21.8. The van der Waals surface area contributed by atoms with E-state index >= 15 is 0 Å². The SMILES string of the molecule is CCC1(CC)CCC[C@]2(CC)[C@@H]3[C@@H](O)C[C@@]4(CC)[C@@H](CO)[C@@]4(C)[C@H]3CC[C@@H]12. The van der Waals surface area contributed by atoms with Crippen LogP contribution in [0, 0.1) is 45.3 Å². The minimum absolute atomic E-state index is 0.160. The third-order valence-corrected chi connectivity index (χ3v) is 11.6. The van der Waals surface area contributed by atoms with E-state index in [1.54, 1.807) is 0 Å². The summed E-state index contributed by atoms with van der Waals surface area (Å²) in [5.74, 6) is 2.27.